The van der Waals surface area contributed by atoms with Gasteiger partial charge in [0.1, 0.15) is 0 Å². The summed E-state index contributed by atoms with van der Waals surface area (Å²) in [5.74, 6) is -0.664. The molecule has 0 aromatic rings. The second-order valence-electron chi connectivity index (χ2n) is 7.24. The molecule has 4 heteroatoms. The number of unbranched alkanes of at least 4 members (excludes halogenated alkanes) is 13. The predicted molar refractivity (Wildman–Crippen MR) is 115 cm³/mol. The number of hydrogen-bond donors (Lipinski definition) is 3. The summed E-state index contributed by atoms with van der Waals surface area (Å²) in [6.45, 7) is 2.76. The zero-order chi connectivity index (χ0) is 20.4. The van der Waals surface area contributed by atoms with E-state index >= 15 is 0 Å². The summed E-state index contributed by atoms with van der Waals surface area (Å²) in [6, 6.07) is 0. The molecule has 0 radical (unpaired) electrons. The van der Waals surface area contributed by atoms with Gasteiger partial charge in [-0.25, -0.2) is 0 Å². The maximum absolute atomic E-state index is 10.3. The molecule has 0 rings (SSSR count). The largest absolute Gasteiger partial charge is 0.481 e. The lowest BCUT2D eigenvalue weighted by Gasteiger charge is -1.99. The Bertz CT molecular complexity index is 299. The molecule has 0 aromatic heterocycles. The molecule has 4 nitrogen and oxygen atoms in total. The fraction of sp³-hybridized carbons (Fsp3) is 0.870. The zero-order valence-electron chi connectivity index (χ0n) is 17.8. The van der Waals surface area contributed by atoms with Gasteiger partial charge in [0.25, 0.3) is 0 Å². The van der Waals surface area contributed by atoms with Gasteiger partial charge in [-0.2, -0.15) is 0 Å². The van der Waals surface area contributed by atoms with Crippen LogP contribution < -0.4 is 0 Å². The molecular formula is C23H46O4. The minimum atomic E-state index is -0.664. The van der Waals surface area contributed by atoms with E-state index in [0.29, 0.717) is 6.42 Å². The van der Waals surface area contributed by atoms with Crippen molar-refractivity contribution in [1.29, 1.82) is 0 Å². The number of aliphatic hydroxyl groups is 2. The van der Waals surface area contributed by atoms with E-state index in [0.717, 1.165) is 32.1 Å². The monoisotopic (exact) mass is 386 g/mol. The van der Waals surface area contributed by atoms with Gasteiger partial charge in [0, 0.05) is 19.6 Å². The Labute approximate surface area is 168 Å². The average Bonchev–Trinajstić information content (AvgIpc) is 2.65. The minimum absolute atomic E-state index is 0.250. The molecule has 0 aliphatic rings. The second kappa shape index (κ2) is 27.3. The lowest BCUT2D eigenvalue weighted by molar-refractivity contribution is -0.137. The Morgan fingerprint density at radius 1 is 0.630 bits per heavy atom. The van der Waals surface area contributed by atoms with E-state index in [1.54, 1.807) is 0 Å². The molecule has 3 N–H and O–H groups in total. The van der Waals surface area contributed by atoms with Gasteiger partial charge in [-0.1, -0.05) is 70.4 Å². The lowest BCUT2D eigenvalue weighted by atomic mass is 10.1. The van der Waals surface area contributed by atoms with E-state index in [2.05, 4.69) is 19.1 Å². The van der Waals surface area contributed by atoms with Crippen molar-refractivity contribution in [3.8, 4) is 0 Å². The van der Waals surface area contributed by atoms with Crippen LogP contribution in [0.4, 0.5) is 0 Å². The van der Waals surface area contributed by atoms with Crippen LogP contribution in [0.25, 0.3) is 0 Å². The van der Waals surface area contributed by atoms with Gasteiger partial charge >= 0.3 is 5.97 Å². The third kappa shape index (κ3) is 33.2. The van der Waals surface area contributed by atoms with Gasteiger partial charge in [0.15, 0.2) is 0 Å². The third-order valence-electron chi connectivity index (χ3n) is 4.47. The van der Waals surface area contributed by atoms with Crippen LogP contribution in [0.5, 0.6) is 0 Å². The molecule has 0 bridgehead atoms. The molecule has 0 unspecified atom stereocenters. The number of carbonyl (C=O) groups is 1. The molecule has 162 valence electrons. The Morgan fingerprint density at radius 3 is 1.48 bits per heavy atom. The first-order chi connectivity index (χ1) is 13.2. The summed E-state index contributed by atoms with van der Waals surface area (Å²) in [7, 11) is 0. The van der Waals surface area contributed by atoms with Crippen molar-refractivity contribution >= 4 is 5.97 Å². The van der Waals surface area contributed by atoms with Crippen LogP contribution in [-0.2, 0) is 4.79 Å². The topological polar surface area (TPSA) is 77.8 Å². The standard InChI is InChI=1S/C18H34O2.C5H12O2/c1-2-3-4-5-6-7-8-9-10-11-12-13-14-15-16-17-18(19)20;6-4-2-1-3-5-7/h9-10H,2-8,11-17H2,1H3,(H,19,20);6-7H,1-5H2. The number of hydrogen-bond acceptors (Lipinski definition) is 3. The molecule has 0 spiro atoms. The van der Waals surface area contributed by atoms with Crippen LogP contribution in [0.1, 0.15) is 116 Å². The number of carboxylic acid groups (broad SMARTS) is 1. The summed E-state index contributed by atoms with van der Waals surface area (Å²) in [5.41, 5.74) is 0. The van der Waals surface area contributed by atoms with Gasteiger partial charge in [-0.05, 0) is 51.4 Å². The quantitative estimate of drug-likeness (QED) is 0.181. The van der Waals surface area contributed by atoms with Crippen LogP contribution in [-0.4, -0.2) is 34.5 Å². The molecular weight excluding hydrogens is 340 g/mol. The van der Waals surface area contributed by atoms with Gasteiger partial charge in [0.2, 0.25) is 0 Å². The highest BCUT2D eigenvalue weighted by Crippen LogP contribution is 2.09. The third-order valence-corrected chi connectivity index (χ3v) is 4.47. The number of aliphatic carboxylic acids is 1. The average molecular weight is 387 g/mol. The van der Waals surface area contributed by atoms with Crippen LogP contribution in [0.3, 0.4) is 0 Å². The smallest absolute Gasteiger partial charge is 0.303 e. The molecule has 0 aliphatic heterocycles. The maximum atomic E-state index is 10.3. The predicted octanol–water partition coefficient (Wildman–Crippen LogP) is 6.25. The van der Waals surface area contributed by atoms with E-state index < -0.39 is 5.97 Å². The number of aliphatic hydroxyl groups excluding tert-OH is 2. The molecule has 0 amide bonds. The Hall–Kier alpha value is -0.870. The van der Waals surface area contributed by atoms with Gasteiger partial charge < -0.3 is 15.3 Å². The van der Waals surface area contributed by atoms with Gasteiger partial charge in [0.05, 0.1) is 0 Å². The van der Waals surface area contributed by atoms with E-state index in [1.165, 1.54) is 70.6 Å². The summed E-state index contributed by atoms with van der Waals surface area (Å²) < 4.78 is 0. The van der Waals surface area contributed by atoms with Crippen LogP contribution in [0, 0.1) is 0 Å². The highest BCUT2D eigenvalue weighted by atomic mass is 16.4. The van der Waals surface area contributed by atoms with Crippen molar-refractivity contribution in [3.63, 3.8) is 0 Å². The van der Waals surface area contributed by atoms with Gasteiger partial charge in [-0.3, -0.25) is 4.79 Å². The SMILES string of the molecule is CCCCCCCCC=CCCCCCCCC(=O)O.OCCCCCO. The summed E-state index contributed by atoms with van der Waals surface area (Å²) in [5, 5.41) is 24.9. The Morgan fingerprint density at radius 2 is 1.04 bits per heavy atom. The van der Waals surface area contributed by atoms with E-state index in [4.69, 9.17) is 15.3 Å². The molecule has 0 fully saturated rings. The first kappa shape index (κ1) is 28.3. The van der Waals surface area contributed by atoms with E-state index in [-0.39, 0.29) is 13.2 Å². The molecule has 27 heavy (non-hydrogen) atoms. The molecule has 0 atom stereocenters. The van der Waals surface area contributed by atoms with Crippen molar-refractivity contribution in [3.05, 3.63) is 12.2 Å². The van der Waals surface area contributed by atoms with E-state index in [1.807, 2.05) is 0 Å². The normalized spacial score (nSPS) is 10.8. The Balaban J connectivity index is 0. The van der Waals surface area contributed by atoms with Crippen molar-refractivity contribution in [1.82, 2.24) is 0 Å². The molecule has 0 saturated carbocycles. The number of allylic oxidation sites excluding steroid dienone is 2. The first-order valence-corrected chi connectivity index (χ1v) is 11.3. The highest BCUT2D eigenvalue weighted by Gasteiger charge is 1.95. The van der Waals surface area contributed by atoms with Crippen molar-refractivity contribution in [2.75, 3.05) is 13.2 Å². The first-order valence-electron chi connectivity index (χ1n) is 11.3. The second-order valence-corrected chi connectivity index (χ2v) is 7.24. The van der Waals surface area contributed by atoms with E-state index in [9.17, 15) is 4.79 Å². The number of carboxylic acids is 1. The molecule has 0 aliphatic carbocycles. The van der Waals surface area contributed by atoms with Crippen LogP contribution >= 0.6 is 0 Å². The summed E-state index contributed by atoms with van der Waals surface area (Å²) in [6.07, 6.45) is 23.8. The zero-order valence-corrected chi connectivity index (χ0v) is 17.8. The minimum Gasteiger partial charge on any atom is -0.481 e. The maximum Gasteiger partial charge on any atom is 0.303 e. The van der Waals surface area contributed by atoms with Gasteiger partial charge in [-0.15, -0.1) is 0 Å². The summed E-state index contributed by atoms with van der Waals surface area (Å²) >= 11 is 0. The van der Waals surface area contributed by atoms with Crippen molar-refractivity contribution < 1.29 is 20.1 Å². The number of rotatable bonds is 19. The fourth-order valence-electron chi connectivity index (χ4n) is 2.75. The van der Waals surface area contributed by atoms with Crippen LogP contribution in [0.15, 0.2) is 12.2 Å². The van der Waals surface area contributed by atoms with Crippen molar-refractivity contribution in [2.24, 2.45) is 0 Å². The molecule has 0 heterocycles. The summed E-state index contributed by atoms with van der Waals surface area (Å²) in [4.78, 5) is 10.3. The molecule has 0 saturated heterocycles. The van der Waals surface area contributed by atoms with Crippen LogP contribution in [0.2, 0.25) is 0 Å². The fourth-order valence-corrected chi connectivity index (χ4v) is 2.75. The van der Waals surface area contributed by atoms with Crippen molar-refractivity contribution in [2.45, 2.75) is 116 Å². The lowest BCUT2D eigenvalue weighted by Crippen LogP contribution is -1.93. The highest BCUT2D eigenvalue weighted by molar-refractivity contribution is 5.66. The molecule has 0 aromatic carbocycles. The Kier molecular flexibility index (Phi) is 28.7.